The number of carbonyl (C=O) groups excluding carboxylic acids is 2. The fourth-order valence-electron chi connectivity index (χ4n) is 4.54. The van der Waals surface area contributed by atoms with E-state index < -0.39 is 41.2 Å². The van der Waals surface area contributed by atoms with Gasteiger partial charge < -0.3 is 14.9 Å². The van der Waals surface area contributed by atoms with Crippen LogP contribution < -0.4 is 10.1 Å². The number of nitrogens with one attached hydrogen (secondary N) is 1. The maximum atomic E-state index is 13.3. The average molecular weight is 410 g/mol. The summed E-state index contributed by atoms with van der Waals surface area (Å²) < 4.78 is 5.15. The lowest BCUT2D eigenvalue weighted by molar-refractivity contribution is -0.150. The van der Waals surface area contributed by atoms with Gasteiger partial charge in [-0.25, -0.2) is 0 Å². The van der Waals surface area contributed by atoms with Gasteiger partial charge in [0, 0.05) is 11.6 Å². The van der Waals surface area contributed by atoms with Crippen molar-refractivity contribution >= 4 is 17.8 Å². The molecule has 0 radical (unpaired) electrons. The molecule has 2 fully saturated rings. The zero-order chi connectivity index (χ0) is 21.6. The number of hydrogen-bond donors (Lipinski definition) is 3. The van der Waals surface area contributed by atoms with E-state index in [0.717, 1.165) is 10.5 Å². The van der Waals surface area contributed by atoms with Crippen LogP contribution in [0.3, 0.4) is 0 Å². The van der Waals surface area contributed by atoms with E-state index in [-0.39, 0.29) is 18.0 Å². The number of imide groups is 1. The number of nitrogens with zero attached hydrogens (tertiary/aromatic N) is 1. The number of carboxylic acid groups (broad SMARTS) is 1. The lowest BCUT2D eigenvalue weighted by atomic mass is 9.80. The SMILES string of the molecule is COc1cccc(C2NC(C)(C(=O)O)C3C(=O)N(Cc4ccccc4)C(=O)C23)c1O. The molecular formula is C22H22N2O6. The third kappa shape index (κ3) is 2.83. The summed E-state index contributed by atoms with van der Waals surface area (Å²) in [6.07, 6.45) is 0. The van der Waals surface area contributed by atoms with Gasteiger partial charge in [0.05, 0.1) is 25.5 Å². The zero-order valence-electron chi connectivity index (χ0n) is 16.5. The van der Waals surface area contributed by atoms with Crippen molar-refractivity contribution in [1.82, 2.24) is 10.2 Å². The van der Waals surface area contributed by atoms with E-state index in [1.807, 2.05) is 6.07 Å². The van der Waals surface area contributed by atoms with Crippen LogP contribution in [0.25, 0.3) is 0 Å². The molecule has 2 amide bonds. The van der Waals surface area contributed by atoms with E-state index in [1.54, 1.807) is 42.5 Å². The van der Waals surface area contributed by atoms with Gasteiger partial charge in [-0.05, 0) is 18.6 Å². The number of methoxy groups -OCH3 is 1. The topological polar surface area (TPSA) is 116 Å². The Morgan fingerprint density at radius 1 is 1.13 bits per heavy atom. The third-order valence-corrected chi connectivity index (χ3v) is 6.09. The first-order valence-corrected chi connectivity index (χ1v) is 9.55. The quantitative estimate of drug-likeness (QED) is 0.643. The molecule has 8 nitrogen and oxygen atoms in total. The summed E-state index contributed by atoms with van der Waals surface area (Å²) in [6, 6.07) is 13.0. The number of para-hydroxylation sites is 1. The van der Waals surface area contributed by atoms with Gasteiger partial charge in [-0.15, -0.1) is 0 Å². The fourth-order valence-corrected chi connectivity index (χ4v) is 4.54. The number of fused-ring (bicyclic) bond motifs is 1. The molecule has 2 aliphatic rings. The second kappa shape index (κ2) is 7.14. The summed E-state index contributed by atoms with van der Waals surface area (Å²) in [4.78, 5) is 39.8. The molecule has 2 aliphatic heterocycles. The molecule has 4 unspecified atom stereocenters. The summed E-state index contributed by atoms with van der Waals surface area (Å²) >= 11 is 0. The molecule has 2 saturated heterocycles. The zero-order valence-corrected chi connectivity index (χ0v) is 16.5. The number of rotatable bonds is 5. The minimum Gasteiger partial charge on any atom is -0.504 e. The minimum atomic E-state index is -1.66. The first kappa shape index (κ1) is 19.9. The minimum absolute atomic E-state index is 0.0675. The Morgan fingerprint density at radius 2 is 1.83 bits per heavy atom. The van der Waals surface area contributed by atoms with E-state index in [0.29, 0.717) is 5.56 Å². The standard InChI is InChI=1S/C22H22N2O6/c1-22(21(28)29)16-15(17(23-22)13-9-6-10-14(30-2)18(13)25)19(26)24(20(16)27)11-12-7-4-3-5-8-12/h3-10,15-17,23,25H,11H2,1-2H3,(H,28,29). The highest BCUT2D eigenvalue weighted by Crippen LogP contribution is 2.51. The van der Waals surface area contributed by atoms with Gasteiger partial charge in [-0.3, -0.25) is 24.6 Å². The lowest BCUT2D eigenvalue weighted by Gasteiger charge is -2.27. The number of likely N-dealkylation sites (tertiary alicyclic amines) is 1. The van der Waals surface area contributed by atoms with Crippen LogP contribution in [-0.4, -0.2) is 45.5 Å². The number of hydrogen-bond acceptors (Lipinski definition) is 6. The van der Waals surface area contributed by atoms with Crippen molar-refractivity contribution in [3.05, 3.63) is 59.7 Å². The molecule has 3 N–H and O–H groups in total. The molecule has 2 heterocycles. The van der Waals surface area contributed by atoms with Gasteiger partial charge in [-0.1, -0.05) is 42.5 Å². The Morgan fingerprint density at radius 3 is 2.47 bits per heavy atom. The van der Waals surface area contributed by atoms with Gasteiger partial charge in [0.25, 0.3) is 0 Å². The van der Waals surface area contributed by atoms with Crippen molar-refractivity contribution in [2.24, 2.45) is 11.8 Å². The van der Waals surface area contributed by atoms with Crippen molar-refractivity contribution < 1.29 is 29.3 Å². The number of carbonyl (C=O) groups is 3. The number of phenolic OH excluding ortho intramolecular Hbond substituents is 1. The van der Waals surface area contributed by atoms with Crippen molar-refractivity contribution in [2.45, 2.75) is 25.0 Å². The second-order valence-electron chi connectivity index (χ2n) is 7.78. The summed E-state index contributed by atoms with van der Waals surface area (Å²) in [6.45, 7) is 1.47. The fraction of sp³-hybridized carbons (Fsp3) is 0.318. The van der Waals surface area contributed by atoms with Gasteiger partial charge >= 0.3 is 5.97 Å². The molecule has 4 atom stereocenters. The van der Waals surface area contributed by atoms with E-state index >= 15 is 0 Å². The molecule has 4 rings (SSSR count). The predicted molar refractivity (Wildman–Crippen MR) is 106 cm³/mol. The normalized spacial score (nSPS) is 27.9. The third-order valence-electron chi connectivity index (χ3n) is 6.09. The van der Waals surface area contributed by atoms with Crippen LogP contribution in [0.5, 0.6) is 11.5 Å². The molecule has 2 aromatic rings. The number of aromatic hydroxyl groups is 1. The van der Waals surface area contributed by atoms with Gasteiger partial charge in [0.15, 0.2) is 11.5 Å². The number of aliphatic carboxylic acids is 1. The van der Waals surface area contributed by atoms with Crippen molar-refractivity contribution in [3.8, 4) is 11.5 Å². The first-order chi connectivity index (χ1) is 14.3. The maximum absolute atomic E-state index is 13.3. The van der Waals surface area contributed by atoms with Crippen LogP contribution >= 0.6 is 0 Å². The van der Waals surface area contributed by atoms with Crippen LogP contribution in [0.2, 0.25) is 0 Å². The number of amides is 2. The molecule has 156 valence electrons. The maximum Gasteiger partial charge on any atom is 0.324 e. The monoisotopic (exact) mass is 410 g/mol. The largest absolute Gasteiger partial charge is 0.504 e. The Balaban J connectivity index is 1.78. The van der Waals surface area contributed by atoms with Crippen molar-refractivity contribution in [2.75, 3.05) is 7.11 Å². The second-order valence-corrected chi connectivity index (χ2v) is 7.78. The first-order valence-electron chi connectivity index (χ1n) is 9.55. The highest BCUT2D eigenvalue weighted by atomic mass is 16.5. The average Bonchev–Trinajstić information content (AvgIpc) is 3.18. The molecule has 0 aromatic heterocycles. The van der Waals surface area contributed by atoms with Gasteiger partial charge in [-0.2, -0.15) is 0 Å². The predicted octanol–water partition coefficient (Wildman–Crippen LogP) is 1.69. The molecule has 0 bridgehead atoms. The summed E-state index contributed by atoms with van der Waals surface area (Å²) in [7, 11) is 1.40. The van der Waals surface area contributed by atoms with E-state index in [4.69, 9.17) is 4.74 Å². The summed E-state index contributed by atoms with van der Waals surface area (Å²) in [5.41, 5.74) is -0.578. The smallest absolute Gasteiger partial charge is 0.324 e. The molecule has 0 spiro atoms. The van der Waals surface area contributed by atoms with Crippen LogP contribution in [0.4, 0.5) is 0 Å². The molecule has 8 heteroatoms. The molecule has 30 heavy (non-hydrogen) atoms. The molecule has 0 aliphatic carbocycles. The summed E-state index contributed by atoms with van der Waals surface area (Å²) in [5.74, 6) is -4.26. The molecule has 0 saturated carbocycles. The van der Waals surface area contributed by atoms with E-state index in [9.17, 15) is 24.6 Å². The van der Waals surface area contributed by atoms with Gasteiger partial charge in [0.2, 0.25) is 11.8 Å². The van der Waals surface area contributed by atoms with Crippen molar-refractivity contribution in [3.63, 3.8) is 0 Å². The van der Waals surface area contributed by atoms with Crippen molar-refractivity contribution in [1.29, 1.82) is 0 Å². The highest BCUT2D eigenvalue weighted by Gasteiger charge is 2.66. The Hall–Kier alpha value is -3.39. The van der Waals surface area contributed by atoms with E-state index in [1.165, 1.54) is 14.0 Å². The number of carboxylic acids is 1. The van der Waals surface area contributed by atoms with Crippen LogP contribution in [-0.2, 0) is 20.9 Å². The number of phenols is 1. The number of benzene rings is 2. The Kier molecular flexibility index (Phi) is 4.74. The van der Waals surface area contributed by atoms with Crippen LogP contribution in [0.15, 0.2) is 48.5 Å². The van der Waals surface area contributed by atoms with Crippen LogP contribution in [0, 0.1) is 11.8 Å². The number of ether oxygens (including phenoxy) is 1. The van der Waals surface area contributed by atoms with E-state index in [2.05, 4.69) is 5.32 Å². The van der Waals surface area contributed by atoms with Gasteiger partial charge in [0.1, 0.15) is 5.54 Å². The Bertz CT molecular complexity index is 1020. The lowest BCUT2D eigenvalue weighted by Crippen LogP contribution is -2.53. The van der Waals surface area contributed by atoms with Crippen LogP contribution in [0.1, 0.15) is 24.1 Å². The Labute approximate surface area is 173 Å². The summed E-state index contributed by atoms with van der Waals surface area (Å²) in [5, 5.41) is 23.5. The molecule has 2 aromatic carbocycles. The highest BCUT2D eigenvalue weighted by molar-refractivity contribution is 6.09. The molecular weight excluding hydrogens is 388 g/mol.